The molecule has 10 heteroatoms. The Morgan fingerprint density at radius 2 is 1.83 bits per heavy atom. The minimum absolute atomic E-state index is 0.0274. The molecule has 3 aliphatic rings. The molecule has 4 rings (SSSR count). The Morgan fingerprint density at radius 1 is 1.21 bits per heavy atom. The van der Waals surface area contributed by atoms with Gasteiger partial charge in [0.05, 0.1) is 13.2 Å². The molecule has 3 fully saturated rings. The van der Waals surface area contributed by atoms with E-state index in [1.807, 2.05) is 0 Å². The van der Waals surface area contributed by atoms with E-state index in [9.17, 15) is 9.59 Å². The lowest BCUT2D eigenvalue weighted by Crippen LogP contribution is -2.68. The van der Waals surface area contributed by atoms with E-state index in [-0.39, 0.29) is 28.8 Å². The number of carbonyl (C=O) groups excluding carboxylic acids is 2. The maximum absolute atomic E-state index is 15.2. The third-order valence-corrected chi connectivity index (χ3v) is 4.99. The number of anilines is 1. The van der Waals surface area contributed by atoms with Crippen LogP contribution in [0.3, 0.4) is 0 Å². The van der Waals surface area contributed by atoms with Crippen molar-refractivity contribution in [1.82, 2.24) is 4.98 Å². The summed E-state index contributed by atoms with van der Waals surface area (Å²) in [7, 11) is 1.67. The molecular weight excluding hydrogens is 320 g/mol. The molecule has 0 aliphatic carbocycles. The van der Waals surface area contributed by atoms with Crippen molar-refractivity contribution in [1.29, 1.82) is 0 Å². The van der Waals surface area contributed by atoms with Gasteiger partial charge in [-0.2, -0.15) is 0 Å². The van der Waals surface area contributed by atoms with Crippen LogP contribution in [0.5, 0.6) is 0 Å². The number of aromatic nitrogens is 1. The summed E-state index contributed by atoms with van der Waals surface area (Å²) in [4.78, 5) is 29.6. The largest absolute Gasteiger partial charge is 0.617 e. The standard InChI is InChI=1S/C14H17BFN3O5/c1-19-8-11(20)23-15(19,24-12(21)9-19)10-2-3-17-14(13(10)16)18-4-6-22-7-5-18/h2-3H,4-9H2,1H3. The summed E-state index contributed by atoms with van der Waals surface area (Å²) in [6, 6.07) is 1.42. The number of morpholine rings is 1. The fourth-order valence-corrected chi connectivity index (χ4v) is 3.78. The quantitative estimate of drug-likeness (QED) is 0.625. The molecular formula is C14H17BFN3O5. The summed E-state index contributed by atoms with van der Waals surface area (Å²) in [5.41, 5.74) is 0.0747. The third kappa shape index (κ3) is 2.03. The fraction of sp³-hybridized carbons (Fsp3) is 0.500. The lowest BCUT2D eigenvalue weighted by Gasteiger charge is -2.40. The van der Waals surface area contributed by atoms with Gasteiger partial charge >= 0.3 is 18.6 Å². The van der Waals surface area contributed by atoms with Crippen LogP contribution in [0.25, 0.3) is 0 Å². The first-order valence-electron chi connectivity index (χ1n) is 7.85. The van der Waals surface area contributed by atoms with Crippen LogP contribution in [0.4, 0.5) is 10.2 Å². The van der Waals surface area contributed by atoms with E-state index in [1.165, 1.54) is 12.3 Å². The van der Waals surface area contributed by atoms with Crippen LogP contribution in [-0.2, 0) is 23.6 Å². The van der Waals surface area contributed by atoms with Gasteiger partial charge in [-0.05, 0) is 5.46 Å². The number of halogens is 1. The molecule has 0 unspecified atom stereocenters. The Balaban J connectivity index is 1.81. The normalized spacial score (nSPS) is 32.5. The van der Waals surface area contributed by atoms with Crippen molar-refractivity contribution in [2.24, 2.45) is 0 Å². The second kappa shape index (κ2) is 5.15. The van der Waals surface area contributed by atoms with Crippen molar-refractivity contribution in [2.45, 2.75) is 0 Å². The van der Waals surface area contributed by atoms with Gasteiger partial charge in [0.2, 0.25) is 0 Å². The van der Waals surface area contributed by atoms with E-state index in [2.05, 4.69) is 4.98 Å². The predicted molar refractivity (Wildman–Crippen MR) is 80.7 cm³/mol. The highest BCUT2D eigenvalue weighted by Crippen LogP contribution is 2.34. The van der Waals surface area contributed by atoms with Crippen LogP contribution in [0.15, 0.2) is 12.3 Å². The van der Waals surface area contributed by atoms with Gasteiger partial charge in [0.25, 0.3) is 0 Å². The molecule has 1 aromatic rings. The number of carbonyl (C=O) groups is 2. The van der Waals surface area contributed by atoms with Gasteiger partial charge in [-0.25, -0.2) is 9.37 Å². The molecule has 3 aliphatic heterocycles. The maximum atomic E-state index is 15.2. The molecule has 128 valence electrons. The van der Waals surface area contributed by atoms with Crippen LogP contribution in [-0.4, -0.2) is 74.4 Å². The molecule has 0 atom stereocenters. The van der Waals surface area contributed by atoms with Gasteiger partial charge in [-0.1, -0.05) is 6.07 Å². The molecule has 0 radical (unpaired) electrons. The van der Waals surface area contributed by atoms with Crippen LogP contribution < -0.4 is 10.4 Å². The number of nitrogens with zero attached hydrogens (tertiary/aromatic N) is 3. The third-order valence-electron chi connectivity index (χ3n) is 4.99. The minimum atomic E-state index is -2.60. The lowest BCUT2D eigenvalue weighted by atomic mass is 9.61. The van der Waals surface area contributed by atoms with Gasteiger partial charge < -0.3 is 23.3 Å². The number of hydrogen-bond acceptors (Lipinski definition) is 7. The molecule has 0 saturated carbocycles. The van der Waals surface area contributed by atoms with Gasteiger partial charge in [0.15, 0.2) is 5.82 Å². The number of fused-ring (bicyclic) bond motifs is 1. The molecule has 0 aromatic carbocycles. The molecule has 0 amide bonds. The van der Waals surface area contributed by atoms with Crippen molar-refractivity contribution in [2.75, 3.05) is 51.3 Å². The second-order valence-corrected chi connectivity index (χ2v) is 6.58. The number of likely N-dealkylation sites (N-methyl/N-ethyl adjacent to an activating group) is 1. The van der Waals surface area contributed by atoms with Crippen molar-refractivity contribution < 1.29 is 32.4 Å². The number of rotatable bonds is 2. The molecule has 8 nitrogen and oxygen atoms in total. The van der Waals surface area contributed by atoms with E-state index < -0.39 is 24.4 Å². The lowest BCUT2D eigenvalue weighted by molar-refractivity contribution is -0.791. The van der Waals surface area contributed by atoms with E-state index >= 15 is 4.39 Å². The SMILES string of the molecule is C[N+]12CC(=O)O[B-]1(c1ccnc(N3CCOCC3)c1F)OC(=O)C2. The average molecular weight is 337 g/mol. The average Bonchev–Trinajstić information content (AvgIpc) is 2.92. The van der Waals surface area contributed by atoms with Crippen LogP contribution >= 0.6 is 0 Å². The summed E-state index contributed by atoms with van der Waals surface area (Å²) in [6.45, 7) is -0.654. The molecule has 1 aromatic heterocycles. The molecule has 0 N–H and O–H groups in total. The highest BCUT2D eigenvalue weighted by atomic mass is 19.1. The Labute approximate surface area is 137 Å². The fourth-order valence-electron chi connectivity index (χ4n) is 3.78. The first kappa shape index (κ1) is 15.3. The molecule has 24 heavy (non-hydrogen) atoms. The van der Waals surface area contributed by atoms with Crippen molar-refractivity contribution >= 4 is 29.9 Å². The van der Waals surface area contributed by atoms with Crippen LogP contribution in [0.1, 0.15) is 0 Å². The molecule has 3 saturated heterocycles. The van der Waals surface area contributed by atoms with E-state index in [4.69, 9.17) is 14.0 Å². The van der Waals surface area contributed by atoms with Gasteiger partial charge in [-0.15, -0.1) is 0 Å². The number of hydrogen-bond donors (Lipinski definition) is 0. The molecule has 0 spiro atoms. The maximum Gasteiger partial charge on any atom is 0.617 e. The Morgan fingerprint density at radius 3 is 2.46 bits per heavy atom. The molecule has 0 bridgehead atoms. The Hall–Kier alpha value is -2.20. The van der Waals surface area contributed by atoms with Crippen LogP contribution in [0, 0.1) is 5.82 Å². The number of quaternary nitrogens is 1. The summed E-state index contributed by atoms with van der Waals surface area (Å²) >= 11 is 0. The van der Waals surface area contributed by atoms with E-state index in [1.54, 1.807) is 11.9 Å². The first-order chi connectivity index (χ1) is 11.5. The Kier molecular flexibility index (Phi) is 3.29. The van der Waals surface area contributed by atoms with Gasteiger partial charge in [-0.3, -0.25) is 9.59 Å². The number of pyridine rings is 1. The minimum Gasteiger partial charge on any atom is -0.596 e. The van der Waals surface area contributed by atoms with Crippen molar-refractivity contribution in [3.05, 3.63) is 18.1 Å². The summed E-state index contributed by atoms with van der Waals surface area (Å²) in [6.07, 6.45) is 1.45. The van der Waals surface area contributed by atoms with Crippen molar-refractivity contribution in [3.63, 3.8) is 0 Å². The summed E-state index contributed by atoms with van der Waals surface area (Å²) < 4.78 is 31.2. The van der Waals surface area contributed by atoms with Crippen molar-refractivity contribution in [3.8, 4) is 0 Å². The Bertz CT molecular complexity index is 704. The number of ether oxygens (including phenoxy) is 1. The smallest absolute Gasteiger partial charge is 0.596 e. The second-order valence-electron chi connectivity index (χ2n) is 6.58. The van der Waals surface area contributed by atoms with Crippen LogP contribution in [0.2, 0.25) is 0 Å². The first-order valence-corrected chi connectivity index (χ1v) is 7.85. The monoisotopic (exact) mass is 337 g/mol. The van der Waals surface area contributed by atoms with E-state index in [0.29, 0.717) is 26.3 Å². The molecule has 4 heterocycles. The van der Waals surface area contributed by atoms with Gasteiger partial charge in [0.1, 0.15) is 18.9 Å². The predicted octanol–water partition coefficient (Wildman–Crippen LogP) is -1.24. The zero-order valence-corrected chi connectivity index (χ0v) is 13.2. The zero-order valence-electron chi connectivity index (χ0n) is 13.2. The zero-order chi connectivity index (χ0) is 16.9. The summed E-state index contributed by atoms with van der Waals surface area (Å²) in [5, 5.41) is 0. The topological polar surface area (TPSA) is 78.0 Å². The highest BCUT2D eigenvalue weighted by molar-refractivity contribution is 6.79. The summed E-state index contributed by atoms with van der Waals surface area (Å²) in [5.74, 6) is -1.47. The van der Waals surface area contributed by atoms with E-state index in [0.717, 1.165) is 0 Å². The van der Waals surface area contributed by atoms with Gasteiger partial charge in [0, 0.05) is 26.3 Å². The highest BCUT2D eigenvalue weighted by Gasteiger charge is 2.67.